The molecule has 0 atom stereocenters. The van der Waals surface area contributed by atoms with Gasteiger partial charge < -0.3 is 4.74 Å². The first-order valence-electron chi connectivity index (χ1n) is 9.55. The quantitative estimate of drug-likeness (QED) is 0.330. The SMILES string of the molecule is O=C1NC(=S)N(c2ccccc2)C(=O)/C1=C\c1ccc(OCc2ccc(F)cc2)c(Cl)c1. The Kier molecular flexibility index (Phi) is 6.30. The molecule has 4 rings (SSSR count). The lowest BCUT2D eigenvalue weighted by atomic mass is 10.1. The largest absolute Gasteiger partial charge is 0.487 e. The number of ether oxygens (including phenoxy) is 1. The van der Waals surface area contributed by atoms with Crippen LogP contribution in [0.1, 0.15) is 11.1 Å². The van der Waals surface area contributed by atoms with Crippen molar-refractivity contribution in [1.82, 2.24) is 5.32 Å². The summed E-state index contributed by atoms with van der Waals surface area (Å²) in [6, 6.07) is 19.7. The van der Waals surface area contributed by atoms with Crippen molar-refractivity contribution in [2.45, 2.75) is 6.61 Å². The third-order valence-corrected chi connectivity index (χ3v) is 5.27. The van der Waals surface area contributed by atoms with Crippen molar-refractivity contribution < 1.29 is 18.7 Å². The molecule has 0 radical (unpaired) electrons. The third-order valence-electron chi connectivity index (χ3n) is 4.69. The number of halogens is 2. The summed E-state index contributed by atoms with van der Waals surface area (Å²) in [7, 11) is 0. The summed E-state index contributed by atoms with van der Waals surface area (Å²) in [5.41, 5.74) is 1.81. The molecule has 1 saturated heterocycles. The second-order valence-corrected chi connectivity index (χ2v) is 7.69. The van der Waals surface area contributed by atoms with Crippen molar-refractivity contribution in [2.24, 2.45) is 0 Å². The first-order chi connectivity index (χ1) is 15.4. The molecule has 2 amide bonds. The molecule has 3 aromatic carbocycles. The van der Waals surface area contributed by atoms with Gasteiger partial charge in [0.15, 0.2) is 5.11 Å². The molecular formula is C24H16ClFN2O3S. The molecule has 0 aliphatic carbocycles. The number of hydrogen-bond acceptors (Lipinski definition) is 4. The van der Waals surface area contributed by atoms with Gasteiger partial charge in [-0.1, -0.05) is 48.0 Å². The van der Waals surface area contributed by atoms with Crippen molar-refractivity contribution in [1.29, 1.82) is 0 Å². The van der Waals surface area contributed by atoms with Gasteiger partial charge in [-0.25, -0.2) is 4.39 Å². The van der Waals surface area contributed by atoms with Crippen LogP contribution in [0.2, 0.25) is 5.02 Å². The molecule has 1 aliphatic rings. The maximum Gasteiger partial charge on any atom is 0.270 e. The second kappa shape index (κ2) is 9.30. The van der Waals surface area contributed by atoms with Crippen LogP contribution in [0.4, 0.5) is 10.1 Å². The highest BCUT2D eigenvalue weighted by atomic mass is 35.5. The molecule has 0 saturated carbocycles. The Morgan fingerprint density at radius 1 is 1.03 bits per heavy atom. The summed E-state index contributed by atoms with van der Waals surface area (Å²) in [6.45, 7) is 0.213. The molecule has 0 aromatic heterocycles. The van der Waals surface area contributed by atoms with E-state index in [9.17, 15) is 14.0 Å². The van der Waals surface area contributed by atoms with Crippen LogP contribution in [0.25, 0.3) is 6.08 Å². The number of thiocarbonyl (C=S) groups is 1. The molecule has 1 N–H and O–H groups in total. The molecule has 0 unspecified atom stereocenters. The van der Waals surface area contributed by atoms with Gasteiger partial charge in [-0.05, 0) is 65.8 Å². The van der Waals surface area contributed by atoms with Gasteiger partial charge in [-0.15, -0.1) is 0 Å². The van der Waals surface area contributed by atoms with Crippen LogP contribution in [0, 0.1) is 5.82 Å². The van der Waals surface area contributed by atoms with Crippen molar-refractivity contribution in [3.05, 3.63) is 100 Å². The van der Waals surface area contributed by atoms with Gasteiger partial charge in [0.2, 0.25) is 0 Å². The molecule has 160 valence electrons. The summed E-state index contributed by atoms with van der Waals surface area (Å²) in [5, 5.41) is 2.87. The Balaban J connectivity index is 1.55. The smallest absolute Gasteiger partial charge is 0.270 e. The zero-order valence-corrected chi connectivity index (χ0v) is 18.1. The minimum Gasteiger partial charge on any atom is -0.487 e. The van der Waals surface area contributed by atoms with Gasteiger partial charge in [0.05, 0.1) is 10.7 Å². The highest BCUT2D eigenvalue weighted by molar-refractivity contribution is 7.80. The first-order valence-corrected chi connectivity index (χ1v) is 10.3. The highest BCUT2D eigenvalue weighted by Gasteiger charge is 2.34. The summed E-state index contributed by atoms with van der Waals surface area (Å²) >= 11 is 11.5. The lowest BCUT2D eigenvalue weighted by molar-refractivity contribution is -0.122. The maximum absolute atomic E-state index is 13.0. The highest BCUT2D eigenvalue weighted by Crippen LogP contribution is 2.28. The number of nitrogens with one attached hydrogen (secondary N) is 1. The molecule has 0 spiro atoms. The van der Waals surface area contributed by atoms with Crippen LogP contribution in [-0.2, 0) is 16.2 Å². The lowest BCUT2D eigenvalue weighted by Crippen LogP contribution is -2.54. The van der Waals surface area contributed by atoms with E-state index in [0.717, 1.165) is 5.56 Å². The van der Waals surface area contributed by atoms with Crippen LogP contribution in [0.5, 0.6) is 5.75 Å². The number of rotatable bonds is 5. The minimum atomic E-state index is -0.583. The second-order valence-electron chi connectivity index (χ2n) is 6.90. The molecule has 1 fully saturated rings. The number of anilines is 1. The van der Waals surface area contributed by atoms with E-state index in [4.69, 9.17) is 28.6 Å². The van der Waals surface area contributed by atoms with E-state index in [2.05, 4.69) is 5.32 Å². The number of para-hydroxylation sites is 1. The fourth-order valence-electron chi connectivity index (χ4n) is 3.10. The molecule has 32 heavy (non-hydrogen) atoms. The number of benzene rings is 3. The van der Waals surface area contributed by atoms with Gasteiger partial charge >= 0.3 is 0 Å². The van der Waals surface area contributed by atoms with E-state index in [1.54, 1.807) is 54.6 Å². The van der Waals surface area contributed by atoms with E-state index in [-0.39, 0.29) is 23.1 Å². The maximum atomic E-state index is 13.0. The topological polar surface area (TPSA) is 58.6 Å². The average Bonchev–Trinajstić information content (AvgIpc) is 2.78. The summed E-state index contributed by atoms with van der Waals surface area (Å²) in [6.07, 6.45) is 1.45. The molecule has 1 aliphatic heterocycles. The minimum absolute atomic E-state index is 0.0194. The Morgan fingerprint density at radius 2 is 1.75 bits per heavy atom. The van der Waals surface area contributed by atoms with Gasteiger partial charge in [-0.3, -0.25) is 19.8 Å². The molecule has 5 nitrogen and oxygen atoms in total. The standard InChI is InChI=1S/C24H16ClFN2O3S/c25-20-13-16(8-11-21(20)31-14-15-6-9-17(26)10-7-15)12-19-22(29)27-24(32)28(23(19)30)18-4-2-1-3-5-18/h1-13H,14H2,(H,27,29,32)/b19-12-. The van der Waals surface area contributed by atoms with Crippen LogP contribution < -0.4 is 15.0 Å². The summed E-state index contributed by atoms with van der Waals surface area (Å²) in [5.74, 6) is -1.01. The van der Waals surface area contributed by atoms with Crippen molar-refractivity contribution in [2.75, 3.05) is 4.90 Å². The zero-order valence-electron chi connectivity index (χ0n) is 16.5. The molecule has 8 heteroatoms. The Morgan fingerprint density at radius 3 is 2.44 bits per heavy atom. The molecular weight excluding hydrogens is 451 g/mol. The van der Waals surface area contributed by atoms with Crippen LogP contribution >= 0.6 is 23.8 Å². The average molecular weight is 467 g/mol. The van der Waals surface area contributed by atoms with E-state index in [1.807, 2.05) is 6.07 Å². The number of hydrogen-bond donors (Lipinski definition) is 1. The van der Waals surface area contributed by atoms with Gasteiger partial charge in [0, 0.05) is 0 Å². The molecule has 0 bridgehead atoms. The van der Waals surface area contributed by atoms with E-state index >= 15 is 0 Å². The molecule has 3 aromatic rings. The Bertz CT molecular complexity index is 1230. The summed E-state index contributed by atoms with van der Waals surface area (Å²) in [4.78, 5) is 26.7. The molecule has 1 heterocycles. The number of carbonyl (C=O) groups excluding carboxylic acids is 2. The Hall–Kier alpha value is -3.55. The van der Waals surface area contributed by atoms with E-state index < -0.39 is 11.8 Å². The predicted molar refractivity (Wildman–Crippen MR) is 125 cm³/mol. The van der Waals surface area contributed by atoms with E-state index in [1.165, 1.54) is 23.1 Å². The van der Waals surface area contributed by atoms with Crippen LogP contribution in [0.3, 0.4) is 0 Å². The normalized spacial score (nSPS) is 15.1. The monoisotopic (exact) mass is 466 g/mol. The fraction of sp³-hybridized carbons (Fsp3) is 0.0417. The number of amides is 2. The van der Waals surface area contributed by atoms with Gasteiger partial charge in [0.1, 0.15) is 23.7 Å². The van der Waals surface area contributed by atoms with Crippen molar-refractivity contribution in [3.8, 4) is 5.75 Å². The van der Waals surface area contributed by atoms with Crippen LogP contribution in [0.15, 0.2) is 78.4 Å². The third kappa shape index (κ3) is 4.69. The van der Waals surface area contributed by atoms with Crippen molar-refractivity contribution in [3.63, 3.8) is 0 Å². The first kappa shape index (κ1) is 21.7. The van der Waals surface area contributed by atoms with Gasteiger partial charge in [-0.2, -0.15) is 0 Å². The van der Waals surface area contributed by atoms with E-state index in [0.29, 0.717) is 22.0 Å². The van der Waals surface area contributed by atoms with Crippen LogP contribution in [-0.4, -0.2) is 16.9 Å². The number of carbonyl (C=O) groups is 2. The fourth-order valence-corrected chi connectivity index (χ4v) is 3.63. The number of nitrogens with zero attached hydrogens (tertiary/aromatic N) is 1. The predicted octanol–water partition coefficient (Wildman–Crippen LogP) is 4.89. The summed E-state index contributed by atoms with van der Waals surface area (Å²) < 4.78 is 18.7. The lowest BCUT2D eigenvalue weighted by Gasteiger charge is -2.28. The zero-order chi connectivity index (χ0) is 22.7. The Labute approximate surface area is 194 Å². The van der Waals surface area contributed by atoms with Gasteiger partial charge in [0.25, 0.3) is 11.8 Å². The van der Waals surface area contributed by atoms with Crippen molar-refractivity contribution >= 4 is 52.5 Å².